The smallest absolute Gasteiger partial charge is 0.254 e. The molecule has 2 aromatic carbocycles. The topological polar surface area (TPSA) is 49.4 Å². The highest BCUT2D eigenvalue weighted by molar-refractivity contribution is 5.99. The Morgan fingerprint density at radius 2 is 1.60 bits per heavy atom. The first-order valence-corrected chi connectivity index (χ1v) is 7.46. The molecule has 4 nitrogen and oxygen atoms in total. The van der Waals surface area contributed by atoms with Gasteiger partial charge in [0.05, 0.1) is 12.2 Å². The van der Waals surface area contributed by atoms with Crippen LogP contribution in [0.3, 0.4) is 0 Å². The molecule has 0 heterocycles. The van der Waals surface area contributed by atoms with Crippen LogP contribution in [0.5, 0.6) is 0 Å². The zero-order valence-corrected chi connectivity index (χ0v) is 14.0. The minimum absolute atomic E-state index is 0.371. The zero-order valence-electron chi connectivity index (χ0n) is 14.0. The number of benzene rings is 2. The van der Waals surface area contributed by atoms with Gasteiger partial charge in [-0.15, -0.1) is 0 Å². The van der Waals surface area contributed by atoms with Crippen molar-refractivity contribution in [3.63, 3.8) is 0 Å². The summed E-state index contributed by atoms with van der Waals surface area (Å²) in [5.74, 6) is -5.62. The largest absolute Gasteiger partial charge is 0.332 e. The van der Waals surface area contributed by atoms with Crippen molar-refractivity contribution in [1.29, 1.82) is 0 Å². The van der Waals surface area contributed by atoms with Crippen LogP contribution in [0.25, 0.3) is 0 Å². The minimum atomic E-state index is -1.67. The molecular weight excluding hydrogens is 333 g/mol. The Bertz CT molecular complexity index is 817. The summed E-state index contributed by atoms with van der Waals surface area (Å²) in [4.78, 5) is 25.5. The molecule has 0 radical (unpaired) electrons. The van der Waals surface area contributed by atoms with E-state index in [1.54, 1.807) is 12.1 Å². The van der Waals surface area contributed by atoms with Gasteiger partial charge in [0.1, 0.15) is 0 Å². The van der Waals surface area contributed by atoms with E-state index >= 15 is 0 Å². The molecule has 2 rings (SSSR count). The van der Waals surface area contributed by atoms with E-state index in [1.807, 2.05) is 19.9 Å². The first-order chi connectivity index (χ1) is 11.7. The molecule has 0 aliphatic rings. The van der Waals surface area contributed by atoms with Gasteiger partial charge in [-0.25, -0.2) is 13.2 Å². The third-order valence-corrected chi connectivity index (χ3v) is 3.51. The first kappa shape index (κ1) is 18.5. The number of aryl methyl sites for hydroxylation is 2. The second-order valence-corrected chi connectivity index (χ2v) is 5.81. The molecule has 0 unspecified atom stereocenters. The van der Waals surface area contributed by atoms with Crippen LogP contribution in [-0.4, -0.2) is 30.3 Å². The van der Waals surface area contributed by atoms with Gasteiger partial charge in [0.15, 0.2) is 17.5 Å². The van der Waals surface area contributed by atoms with E-state index in [2.05, 4.69) is 5.32 Å². The summed E-state index contributed by atoms with van der Waals surface area (Å²) in [6.07, 6.45) is 0. The highest BCUT2D eigenvalue weighted by Gasteiger charge is 2.18. The van der Waals surface area contributed by atoms with Gasteiger partial charge in [-0.05, 0) is 38.1 Å². The van der Waals surface area contributed by atoms with E-state index in [0.29, 0.717) is 11.6 Å². The second kappa shape index (κ2) is 7.38. The maximum atomic E-state index is 13.6. The van der Waals surface area contributed by atoms with Crippen LogP contribution in [0.15, 0.2) is 30.3 Å². The maximum absolute atomic E-state index is 13.6. The summed E-state index contributed by atoms with van der Waals surface area (Å²) in [7, 11) is 1.42. The normalized spacial score (nSPS) is 10.5. The molecule has 0 saturated carbocycles. The molecule has 0 bridgehead atoms. The van der Waals surface area contributed by atoms with Gasteiger partial charge in [-0.3, -0.25) is 9.59 Å². The third kappa shape index (κ3) is 4.37. The Labute approximate surface area is 143 Å². The van der Waals surface area contributed by atoms with Gasteiger partial charge in [-0.2, -0.15) is 0 Å². The van der Waals surface area contributed by atoms with Gasteiger partial charge in [0, 0.05) is 12.6 Å². The van der Waals surface area contributed by atoms with Crippen LogP contribution in [0.1, 0.15) is 21.5 Å². The predicted octanol–water partition coefficient (Wildman–Crippen LogP) is 3.43. The molecule has 0 aliphatic carbocycles. The second-order valence-electron chi connectivity index (χ2n) is 5.81. The van der Waals surface area contributed by atoms with Crippen LogP contribution < -0.4 is 5.32 Å². The molecule has 0 fully saturated rings. The lowest BCUT2D eigenvalue weighted by Crippen LogP contribution is -2.35. The quantitative estimate of drug-likeness (QED) is 0.859. The monoisotopic (exact) mass is 350 g/mol. The predicted molar refractivity (Wildman–Crippen MR) is 87.8 cm³/mol. The Balaban J connectivity index is 2.07. The molecule has 0 aromatic heterocycles. The molecular formula is C18H17F3N2O2. The standard InChI is InChI=1S/C18H17F3N2O2/c1-10-6-11(2)8-12(7-10)18(25)23(3)9-15(24)22-14-5-4-13(19)16(20)17(14)21/h4-8H,9H2,1-3H3,(H,22,24). The summed E-state index contributed by atoms with van der Waals surface area (Å²) in [6, 6.07) is 6.92. The van der Waals surface area contributed by atoms with Crippen LogP contribution in [0, 0.1) is 31.3 Å². The number of anilines is 1. The SMILES string of the molecule is Cc1cc(C)cc(C(=O)N(C)CC(=O)Nc2ccc(F)c(F)c2F)c1. The van der Waals surface area contributed by atoms with E-state index < -0.39 is 29.0 Å². The maximum Gasteiger partial charge on any atom is 0.254 e. The van der Waals surface area contributed by atoms with Crippen molar-refractivity contribution in [1.82, 2.24) is 4.90 Å². The molecule has 2 aromatic rings. The van der Waals surface area contributed by atoms with E-state index in [0.717, 1.165) is 22.1 Å². The van der Waals surface area contributed by atoms with E-state index in [4.69, 9.17) is 0 Å². The van der Waals surface area contributed by atoms with Gasteiger partial charge in [0.2, 0.25) is 5.91 Å². The Kier molecular flexibility index (Phi) is 5.46. The third-order valence-electron chi connectivity index (χ3n) is 3.51. The van der Waals surface area contributed by atoms with Gasteiger partial charge in [-0.1, -0.05) is 17.2 Å². The Morgan fingerprint density at radius 1 is 1.00 bits per heavy atom. The number of nitrogens with one attached hydrogen (secondary N) is 1. The summed E-state index contributed by atoms with van der Waals surface area (Å²) in [6.45, 7) is 3.33. The lowest BCUT2D eigenvalue weighted by molar-refractivity contribution is -0.116. The van der Waals surface area contributed by atoms with Crippen molar-refractivity contribution in [3.8, 4) is 0 Å². The number of likely N-dealkylation sites (N-methyl/N-ethyl adjacent to an activating group) is 1. The summed E-state index contributed by atoms with van der Waals surface area (Å²) >= 11 is 0. The van der Waals surface area contributed by atoms with Crippen molar-refractivity contribution >= 4 is 17.5 Å². The highest BCUT2D eigenvalue weighted by atomic mass is 19.2. The average molecular weight is 350 g/mol. The molecule has 0 saturated heterocycles. The van der Waals surface area contributed by atoms with Crippen molar-refractivity contribution < 1.29 is 22.8 Å². The van der Waals surface area contributed by atoms with Crippen LogP contribution in [-0.2, 0) is 4.79 Å². The molecule has 0 spiro atoms. The average Bonchev–Trinajstić information content (AvgIpc) is 2.53. The van der Waals surface area contributed by atoms with E-state index in [9.17, 15) is 22.8 Å². The van der Waals surface area contributed by atoms with Crippen LogP contribution in [0.2, 0.25) is 0 Å². The fourth-order valence-electron chi connectivity index (χ4n) is 2.42. The Hall–Kier alpha value is -2.83. The van der Waals surface area contributed by atoms with Crippen molar-refractivity contribution in [2.24, 2.45) is 0 Å². The summed E-state index contributed by atoms with van der Waals surface area (Å²) in [5.41, 5.74) is 1.75. The summed E-state index contributed by atoms with van der Waals surface area (Å²) < 4.78 is 39.6. The number of amides is 2. The number of halogens is 3. The number of carbonyl (C=O) groups is 2. The fourth-order valence-corrected chi connectivity index (χ4v) is 2.42. The van der Waals surface area contributed by atoms with Crippen LogP contribution in [0.4, 0.5) is 18.9 Å². The van der Waals surface area contributed by atoms with Gasteiger partial charge >= 0.3 is 0 Å². The minimum Gasteiger partial charge on any atom is -0.332 e. The van der Waals surface area contributed by atoms with Crippen molar-refractivity contribution in [3.05, 3.63) is 64.5 Å². The van der Waals surface area contributed by atoms with E-state index in [-0.39, 0.29) is 12.5 Å². The summed E-state index contributed by atoms with van der Waals surface area (Å²) in [5, 5.41) is 2.12. The molecule has 7 heteroatoms. The molecule has 1 N–H and O–H groups in total. The lowest BCUT2D eigenvalue weighted by Gasteiger charge is -2.17. The highest BCUT2D eigenvalue weighted by Crippen LogP contribution is 2.19. The zero-order chi connectivity index (χ0) is 18.7. The van der Waals surface area contributed by atoms with Crippen molar-refractivity contribution in [2.75, 3.05) is 18.9 Å². The number of nitrogens with zero attached hydrogens (tertiary/aromatic N) is 1. The Morgan fingerprint density at radius 3 is 2.20 bits per heavy atom. The first-order valence-electron chi connectivity index (χ1n) is 7.46. The fraction of sp³-hybridized carbons (Fsp3) is 0.222. The lowest BCUT2D eigenvalue weighted by atomic mass is 10.1. The number of hydrogen-bond acceptors (Lipinski definition) is 2. The van der Waals surface area contributed by atoms with E-state index in [1.165, 1.54) is 7.05 Å². The number of rotatable bonds is 4. The molecule has 0 atom stereocenters. The number of carbonyl (C=O) groups excluding carboxylic acids is 2. The number of hydrogen-bond donors (Lipinski definition) is 1. The molecule has 132 valence electrons. The van der Waals surface area contributed by atoms with Crippen molar-refractivity contribution in [2.45, 2.75) is 13.8 Å². The van der Waals surface area contributed by atoms with Crippen LogP contribution >= 0.6 is 0 Å². The molecule has 0 aliphatic heterocycles. The van der Waals surface area contributed by atoms with Gasteiger partial charge < -0.3 is 10.2 Å². The molecule has 25 heavy (non-hydrogen) atoms. The molecule has 2 amide bonds. The van der Waals surface area contributed by atoms with Gasteiger partial charge in [0.25, 0.3) is 5.91 Å².